The first-order chi connectivity index (χ1) is 6.76. The van der Waals surface area contributed by atoms with Crippen LogP contribution in [-0.4, -0.2) is 13.4 Å². The fraction of sp³-hybridized carbons (Fsp3) is 0.100. The molecule has 1 heterocycles. The summed E-state index contributed by atoms with van der Waals surface area (Å²) >= 11 is 3.86. The normalized spacial score (nSPS) is 10.4. The van der Waals surface area contributed by atoms with Gasteiger partial charge in [0.15, 0.2) is 6.29 Å². The van der Waals surface area contributed by atoms with E-state index < -0.39 is 0 Å². The van der Waals surface area contributed by atoms with E-state index in [-0.39, 0.29) is 0 Å². The molecule has 0 saturated carbocycles. The molecule has 0 amide bonds. The predicted molar refractivity (Wildman–Crippen MR) is 66.5 cm³/mol. The number of thiophene rings is 1. The number of carbonyl (C=O) groups is 1. The van der Waals surface area contributed by atoms with Gasteiger partial charge in [-0.15, -0.1) is 11.3 Å². The molecule has 2 nitrogen and oxygen atoms in total. The summed E-state index contributed by atoms with van der Waals surface area (Å²) in [6, 6.07) is 3.72. The molecule has 0 spiro atoms. The summed E-state index contributed by atoms with van der Waals surface area (Å²) < 4.78 is 7.33. The molecule has 1 aromatic heterocycles. The molecule has 72 valence electrons. The summed E-state index contributed by atoms with van der Waals surface area (Å²) in [6.07, 6.45) is 0.875. The first kappa shape index (κ1) is 9.92. The van der Waals surface area contributed by atoms with Crippen molar-refractivity contribution in [2.45, 2.75) is 0 Å². The minimum Gasteiger partial charge on any atom is -0.497 e. The number of aldehydes is 1. The van der Waals surface area contributed by atoms with Crippen molar-refractivity contribution in [1.82, 2.24) is 0 Å². The molecule has 0 aliphatic heterocycles. The first-order valence-electron chi connectivity index (χ1n) is 3.96. The molecule has 0 aliphatic carbocycles. The van der Waals surface area contributed by atoms with Crippen LogP contribution < -0.4 is 4.74 Å². The van der Waals surface area contributed by atoms with Crippen LogP contribution >= 0.6 is 33.9 Å². The minimum atomic E-state index is 0.699. The van der Waals surface area contributed by atoms with Gasteiger partial charge < -0.3 is 4.74 Å². The Balaban J connectivity index is 2.82. The SMILES string of the molecule is COc1cc(C=O)c2c(I)csc2c1. The van der Waals surface area contributed by atoms with Gasteiger partial charge in [-0.2, -0.15) is 0 Å². The maximum atomic E-state index is 10.9. The molecule has 0 radical (unpaired) electrons. The van der Waals surface area contributed by atoms with Gasteiger partial charge in [0.2, 0.25) is 0 Å². The Labute approximate surface area is 99.0 Å². The van der Waals surface area contributed by atoms with Crippen LogP contribution in [0.5, 0.6) is 5.75 Å². The number of carbonyl (C=O) groups excluding carboxylic acids is 1. The number of halogens is 1. The largest absolute Gasteiger partial charge is 0.497 e. The van der Waals surface area contributed by atoms with E-state index in [0.29, 0.717) is 5.56 Å². The van der Waals surface area contributed by atoms with Crippen LogP contribution in [0.2, 0.25) is 0 Å². The van der Waals surface area contributed by atoms with E-state index >= 15 is 0 Å². The standard InChI is InChI=1S/C10H7IO2S/c1-13-7-2-6(4-12)10-8(11)5-14-9(10)3-7/h2-5H,1H3. The molecule has 0 unspecified atom stereocenters. The van der Waals surface area contributed by atoms with Crippen LogP contribution in [-0.2, 0) is 0 Å². The average Bonchev–Trinajstić information content (AvgIpc) is 2.59. The second-order valence-corrected chi connectivity index (χ2v) is 4.86. The number of hydrogen-bond acceptors (Lipinski definition) is 3. The van der Waals surface area contributed by atoms with E-state index in [1.54, 1.807) is 24.5 Å². The average molecular weight is 318 g/mol. The number of benzene rings is 1. The second kappa shape index (κ2) is 3.86. The van der Waals surface area contributed by atoms with Crippen molar-refractivity contribution >= 4 is 50.3 Å². The van der Waals surface area contributed by atoms with Crippen LogP contribution in [0.4, 0.5) is 0 Å². The molecular weight excluding hydrogens is 311 g/mol. The van der Waals surface area contributed by atoms with Gasteiger partial charge in [0.25, 0.3) is 0 Å². The lowest BCUT2D eigenvalue weighted by molar-refractivity contribution is 0.112. The fourth-order valence-electron chi connectivity index (χ4n) is 1.34. The van der Waals surface area contributed by atoms with Crippen molar-refractivity contribution in [3.63, 3.8) is 0 Å². The fourth-order valence-corrected chi connectivity index (χ4v) is 3.39. The molecule has 0 atom stereocenters. The Kier molecular flexibility index (Phi) is 2.73. The van der Waals surface area contributed by atoms with E-state index in [2.05, 4.69) is 22.6 Å². The van der Waals surface area contributed by atoms with Gasteiger partial charge >= 0.3 is 0 Å². The minimum absolute atomic E-state index is 0.699. The lowest BCUT2D eigenvalue weighted by Gasteiger charge is -2.01. The summed E-state index contributed by atoms with van der Waals surface area (Å²) in [5, 5.41) is 3.07. The molecular formula is C10H7IO2S. The summed E-state index contributed by atoms with van der Waals surface area (Å²) in [7, 11) is 1.61. The molecule has 14 heavy (non-hydrogen) atoms. The van der Waals surface area contributed by atoms with Crippen molar-refractivity contribution in [2.24, 2.45) is 0 Å². The summed E-state index contributed by atoms with van der Waals surface area (Å²) in [6.45, 7) is 0. The van der Waals surface area contributed by atoms with E-state index in [0.717, 1.165) is 25.7 Å². The molecule has 0 bridgehead atoms. The Morgan fingerprint density at radius 1 is 1.50 bits per heavy atom. The smallest absolute Gasteiger partial charge is 0.150 e. The monoisotopic (exact) mass is 318 g/mol. The van der Waals surface area contributed by atoms with Crippen LogP contribution in [0, 0.1) is 3.57 Å². The third-order valence-corrected chi connectivity index (χ3v) is 4.20. The molecule has 0 saturated heterocycles. The highest BCUT2D eigenvalue weighted by Crippen LogP contribution is 2.32. The number of fused-ring (bicyclic) bond motifs is 1. The van der Waals surface area contributed by atoms with E-state index in [1.807, 2.05) is 11.4 Å². The van der Waals surface area contributed by atoms with Crippen molar-refractivity contribution in [2.75, 3.05) is 7.11 Å². The van der Waals surface area contributed by atoms with E-state index in [1.165, 1.54) is 0 Å². The topological polar surface area (TPSA) is 26.3 Å². The predicted octanol–water partition coefficient (Wildman–Crippen LogP) is 3.33. The third kappa shape index (κ3) is 1.52. The zero-order valence-corrected chi connectivity index (χ0v) is 10.4. The summed E-state index contributed by atoms with van der Waals surface area (Å²) in [5.41, 5.74) is 0.699. The maximum Gasteiger partial charge on any atom is 0.150 e. The van der Waals surface area contributed by atoms with Gasteiger partial charge in [-0.3, -0.25) is 4.79 Å². The quantitative estimate of drug-likeness (QED) is 0.627. The van der Waals surface area contributed by atoms with Gasteiger partial charge in [-0.05, 0) is 34.7 Å². The molecule has 4 heteroatoms. The van der Waals surface area contributed by atoms with Crippen molar-refractivity contribution < 1.29 is 9.53 Å². The highest BCUT2D eigenvalue weighted by atomic mass is 127. The molecule has 0 N–H and O–H groups in total. The maximum absolute atomic E-state index is 10.9. The zero-order chi connectivity index (χ0) is 10.1. The summed E-state index contributed by atoms with van der Waals surface area (Å²) in [5.74, 6) is 0.734. The Bertz CT molecular complexity index is 490. The van der Waals surface area contributed by atoms with Gasteiger partial charge in [0.05, 0.1) is 7.11 Å². The zero-order valence-electron chi connectivity index (χ0n) is 7.41. The Hall–Kier alpha value is -0.620. The molecule has 1 aromatic carbocycles. The second-order valence-electron chi connectivity index (χ2n) is 2.79. The molecule has 2 aromatic rings. The van der Waals surface area contributed by atoms with Crippen LogP contribution in [0.25, 0.3) is 10.1 Å². The Morgan fingerprint density at radius 3 is 2.93 bits per heavy atom. The van der Waals surface area contributed by atoms with Crippen molar-refractivity contribution in [3.8, 4) is 5.75 Å². The van der Waals surface area contributed by atoms with Gasteiger partial charge in [-0.25, -0.2) is 0 Å². The van der Waals surface area contributed by atoms with Crippen molar-refractivity contribution in [1.29, 1.82) is 0 Å². The molecule has 2 rings (SSSR count). The number of hydrogen-bond donors (Lipinski definition) is 0. The Morgan fingerprint density at radius 2 is 2.29 bits per heavy atom. The molecule has 0 fully saturated rings. The molecule has 0 aliphatic rings. The van der Waals surface area contributed by atoms with Gasteiger partial charge in [-0.1, -0.05) is 0 Å². The highest BCUT2D eigenvalue weighted by molar-refractivity contribution is 14.1. The lowest BCUT2D eigenvalue weighted by Crippen LogP contribution is -1.87. The van der Waals surface area contributed by atoms with Crippen LogP contribution in [0.1, 0.15) is 10.4 Å². The van der Waals surface area contributed by atoms with Crippen molar-refractivity contribution in [3.05, 3.63) is 26.6 Å². The third-order valence-electron chi connectivity index (χ3n) is 2.00. The lowest BCUT2D eigenvalue weighted by atomic mass is 10.1. The number of rotatable bonds is 2. The van der Waals surface area contributed by atoms with Crippen LogP contribution in [0.15, 0.2) is 17.5 Å². The first-order valence-corrected chi connectivity index (χ1v) is 5.92. The highest BCUT2D eigenvalue weighted by Gasteiger charge is 2.08. The number of methoxy groups -OCH3 is 1. The van der Waals surface area contributed by atoms with Crippen LogP contribution in [0.3, 0.4) is 0 Å². The number of ether oxygens (including phenoxy) is 1. The van der Waals surface area contributed by atoms with E-state index in [4.69, 9.17) is 4.74 Å². The van der Waals surface area contributed by atoms with Gasteiger partial charge in [0.1, 0.15) is 5.75 Å². The van der Waals surface area contributed by atoms with Gasteiger partial charge in [0, 0.05) is 24.6 Å². The van der Waals surface area contributed by atoms with E-state index in [9.17, 15) is 4.79 Å². The summed E-state index contributed by atoms with van der Waals surface area (Å²) in [4.78, 5) is 10.9.